The molecule has 0 N–H and O–H groups in total. The van der Waals surface area contributed by atoms with Crippen LogP contribution in [0.1, 0.15) is 34.6 Å². The van der Waals surface area contributed by atoms with Gasteiger partial charge in [0.15, 0.2) is 38.0 Å². The van der Waals surface area contributed by atoms with Crippen LogP contribution in [0.2, 0.25) is 0 Å². The van der Waals surface area contributed by atoms with Crippen LogP contribution in [0.15, 0.2) is 48.5 Å². The topological polar surface area (TPSA) is 122 Å². The van der Waals surface area contributed by atoms with E-state index in [1.165, 1.54) is 38.1 Å². The van der Waals surface area contributed by atoms with E-state index in [0.717, 1.165) is 0 Å². The molecule has 0 bridgehead atoms. The van der Waals surface area contributed by atoms with Crippen LogP contribution >= 0.6 is 0 Å². The van der Waals surface area contributed by atoms with Crippen LogP contribution in [0.4, 0.5) is 0 Å². The summed E-state index contributed by atoms with van der Waals surface area (Å²) < 4.78 is 19.9. The summed E-state index contributed by atoms with van der Waals surface area (Å²) in [4.78, 5) is 57.4. The maximum absolute atomic E-state index is 11.7. The lowest BCUT2D eigenvalue weighted by atomic mass is 10.1. The monoisotopic (exact) mass is 442 g/mol. The first-order chi connectivity index (χ1) is 15.2. The molecule has 0 radical (unpaired) electrons. The van der Waals surface area contributed by atoms with Crippen molar-refractivity contribution in [2.75, 3.05) is 26.4 Å². The summed E-state index contributed by atoms with van der Waals surface area (Å²) in [5, 5.41) is 0. The molecule has 9 nitrogen and oxygen atoms in total. The lowest BCUT2D eigenvalue weighted by Gasteiger charge is -2.08. The number of esters is 2. The van der Waals surface area contributed by atoms with Gasteiger partial charge >= 0.3 is 11.9 Å². The van der Waals surface area contributed by atoms with Crippen molar-refractivity contribution in [2.24, 2.45) is 0 Å². The van der Waals surface area contributed by atoms with Crippen molar-refractivity contribution in [1.82, 2.24) is 0 Å². The highest BCUT2D eigenvalue weighted by molar-refractivity contribution is 5.94. The predicted octanol–water partition coefficient (Wildman–Crippen LogP) is 2.21. The van der Waals surface area contributed by atoms with E-state index >= 15 is 0 Å². The Hall–Kier alpha value is -4.01. The Balaban J connectivity index is 1.61. The van der Waals surface area contributed by atoms with E-state index in [9.17, 15) is 24.0 Å². The van der Waals surface area contributed by atoms with Crippen LogP contribution in [-0.2, 0) is 23.9 Å². The second-order valence-electron chi connectivity index (χ2n) is 6.60. The molecule has 0 fully saturated rings. The summed E-state index contributed by atoms with van der Waals surface area (Å²) in [6.45, 7) is 0.858. The number of ether oxygens (including phenoxy) is 4. The van der Waals surface area contributed by atoms with E-state index in [-0.39, 0.29) is 11.6 Å². The highest BCUT2D eigenvalue weighted by Gasteiger charge is 2.12. The molecule has 0 aliphatic carbocycles. The minimum Gasteiger partial charge on any atom is -0.482 e. The number of hydrogen-bond donors (Lipinski definition) is 0. The Morgan fingerprint density at radius 1 is 0.562 bits per heavy atom. The number of ketones is 3. The third-order valence-corrected chi connectivity index (χ3v) is 4.02. The molecule has 0 spiro atoms. The third-order valence-electron chi connectivity index (χ3n) is 4.02. The normalized spacial score (nSPS) is 10.1. The number of carbonyl (C=O) groups is 5. The molecular formula is C23H22O9. The third kappa shape index (κ3) is 8.39. The molecule has 0 aromatic heterocycles. The molecule has 168 valence electrons. The molecule has 2 aromatic carbocycles. The van der Waals surface area contributed by atoms with Gasteiger partial charge in [-0.25, -0.2) is 9.59 Å². The van der Waals surface area contributed by atoms with E-state index in [0.29, 0.717) is 22.6 Å². The number of hydrogen-bond acceptors (Lipinski definition) is 9. The molecule has 2 aromatic rings. The van der Waals surface area contributed by atoms with Gasteiger partial charge in [-0.15, -0.1) is 0 Å². The minimum atomic E-state index is -0.780. The van der Waals surface area contributed by atoms with Crippen LogP contribution < -0.4 is 9.47 Å². The van der Waals surface area contributed by atoms with Gasteiger partial charge in [-0.05, 0) is 62.4 Å². The number of benzene rings is 2. The van der Waals surface area contributed by atoms with Gasteiger partial charge < -0.3 is 18.9 Å². The van der Waals surface area contributed by atoms with Gasteiger partial charge in [-0.1, -0.05) is 0 Å². The smallest absolute Gasteiger partial charge is 0.344 e. The Kier molecular flexibility index (Phi) is 9.09. The standard InChI is InChI=1S/C23H22O9/c1-15(24)17-3-7-20(8-4-17)29-13-22(27)31-11-19(26)12-32-23(28)14-30-21-9-5-18(6-10-21)16(2)25/h3-10H,11-14H2,1-2H3. The summed E-state index contributed by atoms with van der Waals surface area (Å²) in [6.07, 6.45) is 0. The summed E-state index contributed by atoms with van der Waals surface area (Å²) in [5.41, 5.74) is 1.02. The Bertz CT molecular complexity index is 896. The van der Waals surface area contributed by atoms with Crippen LogP contribution in [-0.4, -0.2) is 55.7 Å². The average molecular weight is 442 g/mol. The van der Waals surface area contributed by atoms with Crippen LogP contribution in [0.3, 0.4) is 0 Å². The quantitative estimate of drug-likeness (QED) is 0.359. The maximum Gasteiger partial charge on any atom is 0.344 e. The maximum atomic E-state index is 11.7. The average Bonchev–Trinajstić information content (AvgIpc) is 2.79. The van der Waals surface area contributed by atoms with Gasteiger partial charge in [0.05, 0.1) is 0 Å². The molecule has 0 saturated heterocycles. The molecule has 0 saturated carbocycles. The van der Waals surface area contributed by atoms with Gasteiger partial charge in [-0.2, -0.15) is 0 Å². The van der Waals surface area contributed by atoms with Gasteiger partial charge in [-0.3, -0.25) is 14.4 Å². The molecule has 9 heteroatoms. The molecule has 0 atom stereocenters. The Morgan fingerprint density at radius 2 is 0.906 bits per heavy atom. The van der Waals surface area contributed by atoms with E-state index < -0.39 is 44.1 Å². The van der Waals surface area contributed by atoms with Crippen molar-refractivity contribution in [3.05, 3.63) is 59.7 Å². The van der Waals surface area contributed by atoms with Crippen LogP contribution in [0.5, 0.6) is 11.5 Å². The molecule has 0 unspecified atom stereocenters. The fraction of sp³-hybridized carbons (Fsp3) is 0.261. The van der Waals surface area contributed by atoms with Crippen molar-refractivity contribution >= 4 is 29.3 Å². The highest BCUT2D eigenvalue weighted by Crippen LogP contribution is 2.13. The Labute approximate surface area is 184 Å². The van der Waals surface area contributed by atoms with E-state index in [2.05, 4.69) is 0 Å². The second kappa shape index (κ2) is 12.0. The molecule has 0 heterocycles. The molecule has 2 rings (SSSR count). The van der Waals surface area contributed by atoms with Crippen molar-refractivity contribution in [3.63, 3.8) is 0 Å². The summed E-state index contributed by atoms with van der Waals surface area (Å²) in [7, 11) is 0. The SMILES string of the molecule is CC(=O)c1ccc(OCC(=O)OCC(=O)COC(=O)COc2ccc(C(C)=O)cc2)cc1. The predicted molar refractivity (Wildman–Crippen MR) is 111 cm³/mol. The number of Topliss-reactive ketones (excluding diaryl/α,β-unsaturated/α-hetero) is 3. The fourth-order valence-corrected chi connectivity index (χ4v) is 2.30. The summed E-state index contributed by atoms with van der Waals surface area (Å²) in [5.74, 6) is -1.64. The van der Waals surface area contributed by atoms with Crippen molar-refractivity contribution in [2.45, 2.75) is 13.8 Å². The van der Waals surface area contributed by atoms with Gasteiger partial charge in [0.2, 0.25) is 5.78 Å². The van der Waals surface area contributed by atoms with Gasteiger partial charge in [0.1, 0.15) is 11.5 Å². The van der Waals surface area contributed by atoms with Gasteiger partial charge in [0, 0.05) is 11.1 Å². The van der Waals surface area contributed by atoms with Crippen LogP contribution in [0, 0.1) is 0 Å². The zero-order valence-electron chi connectivity index (χ0n) is 17.6. The first-order valence-corrected chi connectivity index (χ1v) is 9.55. The zero-order chi connectivity index (χ0) is 23.5. The lowest BCUT2D eigenvalue weighted by molar-refractivity contribution is -0.154. The minimum absolute atomic E-state index is 0.0925. The molecular weight excluding hydrogens is 420 g/mol. The lowest BCUT2D eigenvalue weighted by Crippen LogP contribution is -2.24. The highest BCUT2D eigenvalue weighted by atomic mass is 16.6. The first-order valence-electron chi connectivity index (χ1n) is 9.55. The van der Waals surface area contributed by atoms with E-state index in [1.54, 1.807) is 24.3 Å². The van der Waals surface area contributed by atoms with Crippen molar-refractivity contribution in [3.8, 4) is 11.5 Å². The first kappa shape index (κ1) is 24.3. The van der Waals surface area contributed by atoms with Crippen LogP contribution in [0.25, 0.3) is 0 Å². The zero-order valence-corrected chi connectivity index (χ0v) is 17.6. The molecule has 0 amide bonds. The van der Waals surface area contributed by atoms with Crippen molar-refractivity contribution < 1.29 is 42.9 Å². The summed E-state index contributed by atoms with van der Waals surface area (Å²) in [6, 6.07) is 12.4. The number of rotatable bonds is 12. The van der Waals surface area contributed by atoms with Crippen molar-refractivity contribution in [1.29, 1.82) is 0 Å². The Morgan fingerprint density at radius 3 is 1.22 bits per heavy atom. The van der Waals surface area contributed by atoms with E-state index in [4.69, 9.17) is 18.9 Å². The molecule has 0 aliphatic rings. The fourth-order valence-electron chi connectivity index (χ4n) is 2.30. The summed E-state index contributed by atoms with van der Waals surface area (Å²) >= 11 is 0. The molecule has 32 heavy (non-hydrogen) atoms. The largest absolute Gasteiger partial charge is 0.482 e. The second-order valence-corrected chi connectivity index (χ2v) is 6.60. The number of carbonyl (C=O) groups excluding carboxylic acids is 5. The van der Waals surface area contributed by atoms with Gasteiger partial charge in [0.25, 0.3) is 0 Å². The molecule has 0 aliphatic heterocycles. The van der Waals surface area contributed by atoms with E-state index in [1.807, 2.05) is 0 Å².